The Kier molecular flexibility index (Phi) is 6.32. The molecule has 124 valence electrons. The second-order valence-corrected chi connectivity index (χ2v) is 5.11. The van der Waals surface area contributed by atoms with Crippen molar-refractivity contribution in [1.29, 1.82) is 0 Å². The summed E-state index contributed by atoms with van der Waals surface area (Å²) in [5, 5.41) is 0. The minimum atomic E-state index is -0.841. The normalized spacial score (nSPS) is 11.9. The van der Waals surface area contributed by atoms with Crippen LogP contribution >= 0.6 is 0 Å². The quantitative estimate of drug-likeness (QED) is 0.440. The fourth-order valence-electron chi connectivity index (χ4n) is 2.17. The van der Waals surface area contributed by atoms with Crippen LogP contribution in [0.4, 0.5) is 0 Å². The Morgan fingerprint density at radius 1 is 1.04 bits per heavy atom. The number of carbonyl (C=O) groups excluding carboxylic acids is 2. The number of carbonyl (C=O) groups is 2. The lowest BCUT2D eigenvalue weighted by molar-refractivity contribution is -0.140. The summed E-state index contributed by atoms with van der Waals surface area (Å²) >= 11 is 0. The molecule has 0 aliphatic heterocycles. The number of hydrogen-bond acceptors (Lipinski definition) is 4. The van der Waals surface area contributed by atoms with Crippen LogP contribution in [0.15, 0.2) is 60.7 Å². The van der Waals surface area contributed by atoms with E-state index in [0.29, 0.717) is 17.9 Å². The molecule has 0 amide bonds. The second-order valence-electron chi connectivity index (χ2n) is 5.11. The topological polar surface area (TPSA) is 52.6 Å². The maximum atomic E-state index is 12.2. The molecule has 1 unspecified atom stereocenters. The first-order chi connectivity index (χ1) is 11.6. The third kappa shape index (κ3) is 4.81. The van der Waals surface area contributed by atoms with E-state index in [1.807, 2.05) is 37.3 Å². The fourth-order valence-corrected chi connectivity index (χ4v) is 2.17. The van der Waals surface area contributed by atoms with Crippen LogP contribution in [0.5, 0.6) is 5.75 Å². The summed E-state index contributed by atoms with van der Waals surface area (Å²) in [6.07, 6.45) is 2.08. The van der Waals surface area contributed by atoms with E-state index in [-0.39, 0.29) is 5.78 Å². The zero-order chi connectivity index (χ0) is 17.4. The van der Waals surface area contributed by atoms with Crippen molar-refractivity contribution in [2.24, 2.45) is 0 Å². The molecular formula is C20H20O4. The molecule has 4 heteroatoms. The Morgan fingerprint density at radius 3 is 2.42 bits per heavy atom. The summed E-state index contributed by atoms with van der Waals surface area (Å²) in [6.45, 7) is 4.00. The Hall–Kier alpha value is -2.88. The van der Waals surface area contributed by atoms with E-state index >= 15 is 0 Å². The Balaban J connectivity index is 1.99. The summed E-state index contributed by atoms with van der Waals surface area (Å²) in [4.78, 5) is 24.1. The van der Waals surface area contributed by atoms with Crippen molar-refractivity contribution in [3.8, 4) is 5.75 Å². The maximum Gasteiger partial charge on any atom is 0.331 e. The van der Waals surface area contributed by atoms with Crippen LogP contribution in [0.1, 0.15) is 29.8 Å². The number of para-hydroxylation sites is 1. The number of ether oxygens (including phenoxy) is 2. The smallest absolute Gasteiger partial charge is 0.331 e. The highest BCUT2D eigenvalue weighted by molar-refractivity contribution is 6.01. The van der Waals surface area contributed by atoms with Crippen LogP contribution < -0.4 is 4.74 Å². The van der Waals surface area contributed by atoms with Gasteiger partial charge in [-0.15, -0.1) is 0 Å². The van der Waals surface area contributed by atoms with Gasteiger partial charge in [0.1, 0.15) is 5.75 Å². The van der Waals surface area contributed by atoms with Crippen molar-refractivity contribution < 1.29 is 19.1 Å². The second kappa shape index (κ2) is 8.67. The molecule has 0 aliphatic carbocycles. The number of rotatable bonds is 7. The first-order valence-corrected chi connectivity index (χ1v) is 7.81. The third-order valence-corrected chi connectivity index (χ3v) is 3.34. The Labute approximate surface area is 141 Å². The van der Waals surface area contributed by atoms with Crippen molar-refractivity contribution in [3.05, 3.63) is 71.8 Å². The summed E-state index contributed by atoms with van der Waals surface area (Å²) in [6, 6.07) is 16.1. The van der Waals surface area contributed by atoms with Crippen molar-refractivity contribution >= 4 is 17.8 Å². The van der Waals surface area contributed by atoms with E-state index in [4.69, 9.17) is 9.47 Å². The van der Waals surface area contributed by atoms with Gasteiger partial charge in [-0.05, 0) is 26.0 Å². The van der Waals surface area contributed by atoms with Crippen LogP contribution in [0.3, 0.4) is 0 Å². The summed E-state index contributed by atoms with van der Waals surface area (Å²) in [5.74, 6) is -0.109. The van der Waals surface area contributed by atoms with Gasteiger partial charge in [-0.1, -0.05) is 48.5 Å². The molecule has 0 N–H and O–H groups in total. The van der Waals surface area contributed by atoms with Gasteiger partial charge in [0.25, 0.3) is 0 Å². The van der Waals surface area contributed by atoms with Gasteiger partial charge in [0.15, 0.2) is 6.10 Å². The molecule has 0 saturated heterocycles. The standard InChI is InChI=1S/C20H20O4/c1-3-23-18-12-8-7-9-16(18)13-14-19(21)24-15(2)20(22)17-10-5-4-6-11-17/h4-15H,3H2,1-2H3/b14-13+. The highest BCUT2D eigenvalue weighted by atomic mass is 16.5. The van der Waals surface area contributed by atoms with Crippen LogP contribution in [0.2, 0.25) is 0 Å². The van der Waals surface area contributed by atoms with Gasteiger partial charge < -0.3 is 9.47 Å². The summed E-state index contributed by atoms with van der Waals surface area (Å²) in [5.41, 5.74) is 1.29. The number of Topliss-reactive ketones (excluding diaryl/α,β-unsaturated/α-hetero) is 1. The van der Waals surface area contributed by atoms with Gasteiger partial charge in [-0.25, -0.2) is 4.79 Å². The largest absolute Gasteiger partial charge is 0.493 e. The van der Waals surface area contributed by atoms with E-state index < -0.39 is 12.1 Å². The van der Waals surface area contributed by atoms with Crippen molar-refractivity contribution in [2.45, 2.75) is 20.0 Å². The molecule has 4 nitrogen and oxygen atoms in total. The fraction of sp³-hybridized carbons (Fsp3) is 0.200. The lowest BCUT2D eigenvalue weighted by Gasteiger charge is -2.11. The lowest BCUT2D eigenvalue weighted by Crippen LogP contribution is -2.23. The summed E-state index contributed by atoms with van der Waals surface area (Å²) < 4.78 is 10.7. The molecule has 1 atom stereocenters. The van der Waals surface area contributed by atoms with Crippen molar-refractivity contribution in [1.82, 2.24) is 0 Å². The van der Waals surface area contributed by atoms with E-state index in [9.17, 15) is 9.59 Å². The van der Waals surface area contributed by atoms with Crippen molar-refractivity contribution in [3.63, 3.8) is 0 Å². The van der Waals surface area contributed by atoms with Gasteiger partial charge in [-0.2, -0.15) is 0 Å². The molecule has 0 saturated carbocycles. The molecule has 0 bridgehead atoms. The van der Waals surface area contributed by atoms with Crippen molar-refractivity contribution in [2.75, 3.05) is 6.61 Å². The maximum absolute atomic E-state index is 12.2. The SMILES string of the molecule is CCOc1ccccc1/C=C/C(=O)OC(C)C(=O)c1ccccc1. The van der Waals surface area contributed by atoms with E-state index in [1.54, 1.807) is 37.3 Å². The third-order valence-electron chi connectivity index (χ3n) is 3.34. The average Bonchev–Trinajstić information content (AvgIpc) is 2.61. The minimum Gasteiger partial charge on any atom is -0.493 e. The van der Waals surface area contributed by atoms with Crippen LogP contribution in [0.25, 0.3) is 6.08 Å². The first-order valence-electron chi connectivity index (χ1n) is 7.81. The number of benzene rings is 2. The summed E-state index contributed by atoms with van der Waals surface area (Å²) in [7, 11) is 0. The molecule has 2 aromatic rings. The van der Waals surface area contributed by atoms with Gasteiger partial charge in [0.2, 0.25) is 5.78 Å². The Morgan fingerprint density at radius 2 is 1.71 bits per heavy atom. The number of esters is 1. The van der Waals surface area contributed by atoms with E-state index in [2.05, 4.69) is 0 Å². The van der Waals surface area contributed by atoms with Crippen LogP contribution in [-0.2, 0) is 9.53 Å². The number of hydrogen-bond donors (Lipinski definition) is 0. The zero-order valence-corrected chi connectivity index (χ0v) is 13.8. The van der Waals surface area contributed by atoms with Crippen LogP contribution in [-0.4, -0.2) is 24.5 Å². The monoisotopic (exact) mass is 324 g/mol. The molecule has 2 aromatic carbocycles. The molecule has 0 aliphatic rings. The highest BCUT2D eigenvalue weighted by Gasteiger charge is 2.18. The van der Waals surface area contributed by atoms with E-state index in [1.165, 1.54) is 6.08 Å². The lowest BCUT2D eigenvalue weighted by atomic mass is 10.1. The molecule has 0 aromatic heterocycles. The Bertz CT molecular complexity index is 719. The van der Waals surface area contributed by atoms with Gasteiger partial charge >= 0.3 is 5.97 Å². The molecule has 24 heavy (non-hydrogen) atoms. The van der Waals surface area contributed by atoms with Gasteiger partial charge in [0, 0.05) is 17.2 Å². The van der Waals surface area contributed by atoms with Gasteiger partial charge in [0.05, 0.1) is 6.61 Å². The minimum absolute atomic E-state index is 0.230. The first kappa shape index (κ1) is 17.5. The molecule has 0 fully saturated rings. The zero-order valence-electron chi connectivity index (χ0n) is 13.8. The predicted molar refractivity (Wildman–Crippen MR) is 93.0 cm³/mol. The number of ketones is 1. The average molecular weight is 324 g/mol. The molecular weight excluding hydrogens is 304 g/mol. The molecule has 0 radical (unpaired) electrons. The molecule has 2 rings (SSSR count). The van der Waals surface area contributed by atoms with Crippen LogP contribution in [0, 0.1) is 0 Å². The molecule has 0 heterocycles. The van der Waals surface area contributed by atoms with Gasteiger partial charge in [-0.3, -0.25) is 4.79 Å². The predicted octanol–water partition coefficient (Wildman–Crippen LogP) is 3.91. The van der Waals surface area contributed by atoms with E-state index in [0.717, 1.165) is 5.56 Å². The molecule has 0 spiro atoms. The highest BCUT2D eigenvalue weighted by Crippen LogP contribution is 2.19.